The Morgan fingerprint density at radius 2 is 2.35 bits per heavy atom. The topological polar surface area (TPSA) is 63.1 Å². The van der Waals surface area contributed by atoms with Gasteiger partial charge in [-0.3, -0.25) is 0 Å². The lowest BCUT2D eigenvalue weighted by Crippen LogP contribution is -2.16. The van der Waals surface area contributed by atoms with Gasteiger partial charge in [-0.1, -0.05) is 12.1 Å². The van der Waals surface area contributed by atoms with E-state index in [1.807, 2.05) is 30.5 Å². The quantitative estimate of drug-likeness (QED) is 0.676. The lowest BCUT2D eigenvalue weighted by atomic mass is 10.2. The first-order valence-corrected chi connectivity index (χ1v) is 6.61. The Bertz CT molecular complexity index is 674. The molecule has 104 valence electrons. The minimum Gasteiger partial charge on any atom is -0.493 e. The van der Waals surface area contributed by atoms with Crippen LogP contribution in [0.2, 0.25) is 0 Å². The normalized spacial score (nSPS) is 11.1. The molecular formula is C15H17N3O2. The van der Waals surface area contributed by atoms with E-state index in [9.17, 15) is 0 Å². The number of nitrogens with one attached hydrogen (secondary N) is 2. The molecule has 0 amide bonds. The van der Waals surface area contributed by atoms with E-state index in [0.29, 0.717) is 6.54 Å². The fraction of sp³-hybridized carbons (Fsp3) is 0.267. The molecule has 0 radical (unpaired) electrons. The van der Waals surface area contributed by atoms with Gasteiger partial charge in [0.2, 0.25) is 0 Å². The van der Waals surface area contributed by atoms with Crippen molar-refractivity contribution in [3.8, 4) is 5.75 Å². The Morgan fingerprint density at radius 3 is 3.15 bits per heavy atom. The van der Waals surface area contributed by atoms with Crippen LogP contribution in [-0.4, -0.2) is 23.6 Å². The first-order valence-electron chi connectivity index (χ1n) is 6.61. The molecule has 5 nitrogen and oxygen atoms in total. The zero-order valence-corrected chi connectivity index (χ0v) is 11.3. The summed E-state index contributed by atoms with van der Waals surface area (Å²) in [5, 5.41) is 4.41. The van der Waals surface area contributed by atoms with Crippen molar-refractivity contribution in [3.63, 3.8) is 0 Å². The molecular weight excluding hydrogens is 254 g/mol. The molecule has 2 heterocycles. The van der Waals surface area contributed by atoms with Crippen LogP contribution >= 0.6 is 0 Å². The molecule has 1 aromatic carbocycles. The van der Waals surface area contributed by atoms with E-state index in [4.69, 9.17) is 9.15 Å². The summed E-state index contributed by atoms with van der Waals surface area (Å²) in [6.45, 7) is 1.54. The standard InChI is InChI=1S/C15H17N3O2/c1-19-13-4-2-3-11-9-12(20-15(11)13)10-16-6-5-14-17-7-8-18-14/h2-4,7-9,16H,5-6,10H2,1H3,(H,17,18). The van der Waals surface area contributed by atoms with Crippen molar-refractivity contribution < 1.29 is 9.15 Å². The van der Waals surface area contributed by atoms with Crippen molar-refractivity contribution in [2.75, 3.05) is 13.7 Å². The minimum atomic E-state index is 0.693. The number of hydrogen-bond donors (Lipinski definition) is 2. The van der Waals surface area contributed by atoms with Crippen molar-refractivity contribution in [2.45, 2.75) is 13.0 Å². The van der Waals surface area contributed by atoms with Crippen LogP contribution in [0, 0.1) is 0 Å². The molecule has 3 rings (SSSR count). The van der Waals surface area contributed by atoms with Gasteiger partial charge in [0, 0.05) is 30.7 Å². The number of nitrogens with zero attached hydrogens (tertiary/aromatic N) is 1. The van der Waals surface area contributed by atoms with Crippen LogP contribution in [0.5, 0.6) is 5.75 Å². The Morgan fingerprint density at radius 1 is 1.40 bits per heavy atom. The lowest BCUT2D eigenvalue weighted by Gasteiger charge is -2.01. The number of hydrogen-bond acceptors (Lipinski definition) is 4. The van der Waals surface area contributed by atoms with Gasteiger partial charge in [-0.2, -0.15) is 0 Å². The van der Waals surface area contributed by atoms with Crippen molar-refractivity contribution in [2.24, 2.45) is 0 Å². The van der Waals surface area contributed by atoms with Crippen molar-refractivity contribution in [1.82, 2.24) is 15.3 Å². The highest BCUT2D eigenvalue weighted by Gasteiger charge is 2.08. The molecule has 0 unspecified atom stereocenters. The van der Waals surface area contributed by atoms with Crippen LogP contribution in [0.4, 0.5) is 0 Å². The summed E-state index contributed by atoms with van der Waals surface area (Å²) in [5.74, 6) is 2.66. The highest BCUT2D eigenvalue weighted by molar-refractivity contribution is 5.83. The first-order chi connectivity index (χ1) is 9.86. The number of fused-ring (bicyclic) bond motifs is 1. The van der Waals surface area contributed by atoms with Crippen molar-refractivity contribution >= 4 is 11.0 Å². The van der Waals surface area contributed by atoms with E-state index in [1.54, 1.807) is 13.3 Å². The largest absolute Gasteiger partial charge is 0.493 e. The fourth-order valence-electron chi connectivity index (χ4n) is 2.19. The molecule has 0 saturated heterocycles. The summed E-state index contributed by atoms with van der Waals surface area (Å²) >= 11 is 0. The Balaban J connectivity index is 1.60. The molecule has 0 aliphatic carbocycles. The Hall–Kier alpha value is -2.27. The molecule has 0 atom stereocenters. The van der Waals surface area contributed by atoms with E-state index in [2.05, 4.69) is 15.3 Å². The van der Waals surface area contributed by atoms with Crippen molar-refractivity contribution in [1.29, 1.82) is 0 Å². The third kappa shape index (κ3) is 2.67. The number of furan rings is 1. The number of H-pyrrole nitrogens is 1. The molecule has 20 heavy (non-hydrogen) atoms. The maximum atomic E-state index is 5.82. The van der Waals surface area contributed by atoms with Crippen LogP contribution in [0.15, 0.2) is 41.1 Å². The molecule has 0 aliphatic rings. The second-order valence-electron chi connectivity index (χ2n) is 4.55. The van der Waals surface area contributed by atoms with E-state index in [0.717, 1.165) is 41.3 Å². The van der Waals surface area contributed by atoms with Gasteiger partial charge < -0.3 is 19.5 Å². The number of aromatic amines is 1. The van der Waals surface area contributed by atoms with Crippen LogP contribution in [0.25, 0.3) is 11.0 Å². The molecule has 5 heteroatoms. The maximum Gasteiger partial charge on any atom is 0.176 e. The summed E-state index contributed by atoms with van der Waals surface area (Å²) in [6.07, 6.45) is 4.47. The number of ether oxygens (including phenoxy) is 1. The zero-order valence-electron chi connectivity index (χ0n) is 11.3. The molecule has 0 fully saturated rings. The molecule has 0 bridgehead atoms. The van der Waals surface area contributed by atoms with Crippen LogP contribution < -0.4 is 10.1 Å². The molecule has 0 spiro atoms. The Kier molecular flexibility index (Phi) is 3.69. The summed E-state index contributed by atoms with van der Waals surface area (Å²) in [5.41, 5.74) is 0.804. The second kappa shape index (κ2) is 5.79. The fourth-order valence-corrected chi connectivity index (χ4v) is 2.19. The monoisotopic (exact) mass is 271 g/mol. The number of para-hydroxylation sites is 1. The zero-order chi connectivity index (χ0) is 13.8. The molecule has 2 N–H and O–H groups in total. The van der Waals surface area contributed by atoms with Gasteiger partial charge in [0.25, 0.3) is 0 Å². The summed E-state index contributed by atoms with van der Waals surface area (Å²) in [7, 11) is 1.65. The lowest BCUT2D eigenvalue weighted by molar-refractivity contribution is 0.406. The highest BCUT2D eigenvalue weighted by Crippen LogP contribution is 2.28. The van der Waals surface area contributed by atoms with Gasteiger partial charge in [-0.05, 0) is 12.1 Å². The smallest absolute Gasteiger partial charge is 0.176 e. The average molecular weight is 271 g/mol. The molecule has 2 aromatic heterocycles. The number of rotatable bonds is 6. The van der Waals surface area contributed by atoms with E-state index in [-0.39, 0.29) is 0 Å². The van der Waals surface area contributed by atoms with Gasteiger partial charge in [0.1, 0.15) is 11.6 Å². The first kappa shape index (κ1) is 12.7. The summed E-state index contributed by atoms with van der Waals surface area (Å²) in [4.78, 5) is 7.26. The predicted molar refractivity (Wildman–Crippen MR) is 76.8 cm³/mol. The van der Waals surface area contributed by atoms with Gasteiger partial charge in [0.15, 0.2) is 11.3 Å². The summed E-state index contributed by atoms with van der Waals surface area (Å²) < 4.78 is 11.1. The predicted octanol–water partition coefficient (Wildman–Crippen LogP) is 2.50. The maximum absolute atomic E-state index is 5.82. The third-order valence-electron chi connectivity index (χ3n) is 3.17. The van der Waals surface area contributed by atoms with Crippen LogP contribution in [0.3, 0.4) is 0 Å². The van der Waals surface area contributed by atoms with Gasteiger partial charge in [-0.15, -0.1) is 0 Å². The number of benzene rings is 1. The minimum absolute atomic E-state index is 0.693. The second-order valence-corrected chi connectivity index (χ2v) is 4.55. The third-order valence-corrected chi connectivity index (χ3v) is 3.17. The van der Waals surface area contributed by atoms with Crippen LogP contribution in [0.1, 0.15) is 11.6 Å². The highest BCUT2D eigenvalue weighted by atomic mass is 16.5. The van der Waals surface area contributed by atoms with Gasteiger partial charge in [0.05, 0.1) is 13.7 Å². The van der Waals surface area contributed by atoms with Crippen LogP contribution in [-0.2, 0) is 13.0 Å². The number of methoxy groups -OCH3 is 1. The Labute approximate surface area is 117 Å². The van der Waals surface area contributed by atoms with E-state index < -0.39 is 0 Å². The SMILES string of the molecule is COc1cccc2cc(CNCCc3ncc[nH]3)oc12. The van der Waals surface area contributed by atoms with Gasteiger partial charge in [-0.25, -0.2) is 4.98 Å². The number of aromatic nitrogens is 2. The molecule has 0 saturated carbocycles. The van der Waals surface area contributed by atoms with E-state index in [1.165, 1.54) is 0 Å². The molecule has 3 aromatic rings. The molecule has 0 aliphatic heterocycles. The summed E-state index contributed by atoms with van der Waals surface area (Å²) in [6, 6.07) is 7.93. The van der Waals surface area contributed by atoms with E-state index >= 15 is 0 Å². The number of imidazole rings is 1. The van der Waals surface area contributed by atoms with Crippen molar-refractivity contribution in [3.05, 3.63) is 48.2 Å². The van der Waals surface area contributed by atoms with Gasteiger partial charge >= 0.3 is 0 Å². The average Bonchev–Trinajstić information content (AvgIpc) is 3.11.